The fourth-order valence-corrected chi connectivity index (χ4v) is 3.93. The molecule has 3 aromatic rings. The number of hydrogen-bond acceptors (Lipinski definition) is 7. The number of halogens is 1. The molecule has 0 fully saturated rings. The lowest BCUT2D eigenvalue weighted by atomic mass is 9.88. The second-order valence-electron chi connectivity index (χ2n) is 7.25. The van der Waals surface area contributed by atoms with E-state index in [0.717, 1.165) is 5.56 Å². The van der Waals surface area contributed by atoms with E-state index in [-0.39, 0.29) is 12.2 Å². The predicted octanol–water partition coefficient (Wildman–Crippen LogP) is 4.26. The summed E-state index contributed by atoms with van der Waals surface area (Å²) in [7, 11) is 2.78. The SMILES string of the molecule is COC(=O)[C@@H]1Oc2cc(C)oc(=O)c2[C@@H]1c1ccc(OCc2ccccc2Cl)c(OC)c1. The Hall–Kier alpha value is -3.45. The van der Waals surface area contributed by atoms with E-state index in [1.54, 1.807) is 37.3 Å². The summed E-state index contributed by atoms with van der Waals surface area (Å²) in [5.74, 6) is 0.294. The Labute approximate surface area is 189 Å². The van der Waals surface area contributed by atoms with Crippen molar-refractivity contribution in [3.8, 4) is 17.2 Å². The van der Waals surface area contributed by atoms with Crippen LogP contribution >= 0.6 is 11.6 Å². The van der Waals surface area contributed by atoms with Crippen LogP contribution in [0.1, 0.15) is 28.4 Å². The molecule has 1 aliphatic heterocycles. The molecule has 2 aromatic carbocycles. The first-order valence-electron chi connectivity index (χ1n) is 9.86. The minimum Gasteiger partial charge on any atom is -0.493 e. The van der Waals surface area contributed by atoms with Crippen LogP contribution in [-0.2, 0) is 16.1 Å². The molecule has 32 heavy (non-hydrogen) atoms. The van der Waals surface area contributed by atoms with Gasteiger partial charge >= 0.3 is 11.6 Å². The van der Waals surface area contributed by atoms with Gasteiger partial charge in [-0.25, -0.2) is 9.59 Å². The monoisotopic (exact) mass is 456 g/mol. The van der Waals surface area contributed by atoms with Crippen LogP contribution in [0.4, 0.5) is 0 Å². The predicted molar refractivity (Wildman–Crippen MR) is 117 cm³/mol. The fourth-order valence-electron chi connectivity index (χ4n) is 3.74. The highest BCUT2D eigenvalue weighted by molar-refractivity contribution is 6.31. The first-order valence-corrected chi connectivity index (χ1v) is 10.2. The van der Waals surface area contributed by atoms with E-state index in [0.29, 0.717) is 33.6 Å². The van der Waals surface area contributed by atoms with Crippen molar-refractivity contribution < 1.29 is 28.2 Å². The zero-order chi connectivity index (χ0) is 22.8. The average molecular weight is 457 g/mol. The highest BCUT2D eigenvalue weighted by Crippen LogP contribution is 2.43. The van der Waals surface area contributed by atoms with E-state index in [9.17, 15) is 9.59 Å². The number of benzene rings is 2. The molecule has 2 atom stereocenters. The number of ether oxygens (including phenoxy) is 4. The third-order valence-electron chi connectivity index (χ3n) is 5.26. The molecular weight excluding hydrogens is 436 g/mol. The van der Waals surface area contributed by atoms with Crippen molar-refractivity contribution in [2.45, 2.75) is 25.6 Å². The number of methoxy groups -OCH3 is 2. The maximum atomic E-state index is 12.6. The van der Waals surface area contributed by atoms with E-state index >= 15 is 0 Å². The van der Waals surface area contributed by atoms with Gasteiger partial charge in [0.25, 0.3) is 0 Å². The number of aryl methyl sites for hydroxylation is 1. The second-order valence-corrected chi connectivity index (χ2v) is 7.66. The molecule has 0 amide bonds. The van der Waals surface area contributed by atoms with Crippen molar-refractivity contribution >= 4 is 17.6 Å². The summed E-state index contributed by atoms with van der Waals surface area (Å²) in [6.45, 7) is 1.89. The lowest BCUT2D eigenvalue weighted by Gasteiger charge is -2.19. The largest absolute Gasteiger partial charge is 0.493 e. The molecule has 4 rings (SSSR count). The van der Waals surface area contributed by atoms with Crippen LogP contribution < -0.4 is 19.8 Å². The highest BCUT2D eigenvalue weighted by Gasteiger charge is 2.44. The summed E-state index contributed by atoms with van der Waals surface area (Å²) in [6.07, 6.45) is -1.03. The smallest absolute Gasteiger partial charge is 0.348 e. The van der Waals surface area contributed by atoms with Gasteiger partial charge in [-0.2, -0.15) is 0 Å². The van der Waals surface area contributed by atoms with Gasteiger partial charge in [0.15, 0.2) is 11.5 Å². The number of hydrogen-bond donors (Lipinski definition) is 0. The van der Waals surface area contributed by atoms with Crippen molar-refractivity contribution in [2.75, 3.05) is 14.2 Å². The molecule has 7 nitrogen and oxygen atoms in total. The normalized spacial score (nSPS) is 16.8. The van der Waals surface area contributed by atoms with E-state index in [1.807, 2.05) is 18.2 Å². The molecule has 0 N–H and O–H groups in total. The number of rotatable bonds is 6. The van der Waals surface area contributed by atoms with Crippen molar-refractivity contribution in [2.24, 2.45) is 0 Å². The molecule has 0 radical (unpaired) electrons. The van der Waals surface area contributed by atoms with Gasteiger partial charge in [-0.1, -0.05) is 35.9 Å². The van der Waals surface area contributed by atoms with Crippen LogP contribution in [0.3, 0.4) is 0 Å². The third-order valence-corrected chi connectivity index (χ3v) is 5.63. The van der Waals surface area contributed by atoms with Gasteiger partial charge in [0.2, 0.25) is 6.10 Å². The first-order chi connectivity index (χ1) is 15.4. The molecule has 8 heteroatoms. The van der Waals surface area contributed by atoms with Crippen molar-refractivity contribution in [3.63, 3.8) is 0 Å². The Balaban J connectivity index is 1.70. The summed E-state index contributed by atoms with van der Waals surface area (Å²) < 4.78 is 27.4. The van der Waals surface area contributed by atoms with Crippen LogP contribution in [0.2, 0.25) is 5.02 Å². The van der Waals surface area contributed by atoms with Crippen LogP contribution in [0, 0.1) is 6.92 Å². The molecule has 0 spiro atoms. The van der Waals surface area contributed by atoms with E-state index in [1.165, 1.54) is 14.2 Å². The highest BCUT2D eigenvalue weighted by atomic mass is 35.5. The number of carbonyl (C=O) groups is 1. The van der Waals surface area contributed by atoms with Gasteiger partial charge in [0.1, 0.15) is 18.1 Å². The molecule has 0 bridgehead atoms. The molecular formula is C24H21ClO7. The molecule has 2 heterocycles. The van der Waals surface area contributed by atoms with Crippen molar-refractivity contribution in [3.05, 3.63) is 86.4 Å². The maximum absolute atomic E-state index is 12.6. The van der Waals surface area contributed by atoms with Gasteiger partial charge in [0.05, 0.1) is 25.7 Å². The quantitative estimate of drug-likeness (QED) is 0.512. The maximum Gasteiger partial charge on any atom is 0.348 e. The van der Waals surface area contributed by atoms with Gasteiger partial charge < -0.3 is 23.4 Å². The van der Waals surface area contributed by atoms with Crippen LogP contribution in [0.5, 0.6) is 17.2 Å². The minimum atomic E-state index is -1.03. The molecule has 0 unspecified atom stereocenters. The number of fused-ring (bicyclic) bond motifs is 1. The third kappa shape index (κ3) is 4.03. The van der Waals surface area contributed by atoms with Gasteiger partial charge in [-0.05, 0) is 30.7 Å². The van der Waals surface area contributed by atoms with Gasteiger partial charge in [-0.15, -0.1) is 0 Å². The molecule has 0 saturated carbocycles. The van der Waals surface area contributed by atoms with E-state index < -0.39 is 23.6 Å². The summed E-state index contributed by atoms with van der Waals surface area (Å²) in [5.41, 5.74) is 1.15. The lowest BCUT2D eigenvalue weighted by Crippen LogP contribution is -2.31. The molecule has 0 aliphatic carbocycles. The van der Waals surface area contributed by atoms with Crippen LogP contribution in [0.15, 0.2) is 57.7 Å². The van der Waals surface area contributed by atoms with Crippen LogP contribution in [-0.4, -0.2) is 26.3 Å². The Kier molecular flexibility index (Phi) is 6.10. The van der Waals surface area contributed by atoms with Crippen molar-refractivity contribution in [1.29, 1.82) is 0 Å². The standard InChI is InChI=1S/C24H21ClO7/c1-13-10-19-21(23(26)31-13)20(22(32-19)24(27)29-3)14-8-9-17(18(11-14)28-2)30-12-15-6-4-5-7-16(15)25/h4-11,20,22H,12H2,1-3H3/t20-,22+/m0/s1. The van der Waals surface area contributed by atoms with Gasteiger partial charge in [0, 0.05) is 16.7 Å². The number of carbonyl (C=O) groups excluding carboxylic acids is 1. The molecule has 1 aliphatic rings. The Morgan fingerprint density at radius 3 is 2.59 bits per heavy atom. The fraction of sp³-hybridized carbons (Fsp3) is 0.250. The number of esters is 1. The average Bonchev–Trinajstić information content (AvgIpc) is 3.17. The molecule has 0 saturated heterocycles. The van der Waals surface area contributed by atoms with E-state index in [4.69, 9.17) is 35.0 Å². The summed E-state index contributed by atoms with van der Waals surface area (Å²) >= 11 is 6.20. The zero-order valence-electron chi connectivity index (χ0n) is 17.7. The topological polar surface area (TPSA) is 84.2 Å². The Morgan fingerprint density at radius 1 is 1.09 bits per heavy atom. The van der Waals surface area contributed by atoms with Crippen LogP contribution in [0.25, 0.3) is 0 Å². The molecule has 166 valence electrons. The Bertz CT molecular complexity index is 1220. The first kappa shape index (κ1) is 21.8. The van der Waals surface area contributed by atoms with E-state index in [2.05, 4.69) is 0 Å². The summed E-state index contributed by atoms with van der Waals surface area (Å²) in [4.78, 5) is 25.0. The summed E-state index contributed by atoms with van der Waals surface area (Å²) in [5, 5.41) is 0.603. The second kappa shape index (κ2) is 8.96. The Morgan fingerprint density at radius 2 is 1.88 bits per heavy atom. The lowest BCUT2D eigenvalue weighted by molar-refractivity contribution is -0.148. The van der Waals surface area contributed by atoms with Gasteiger partial charge in [-0.3, -0.25) is 0 Å². The zero-order valence-corrected chi connectivity index (χ0v) is 18.5. The minimum absolute atomic E-state index is 0.248. The van der Waals surface area contributed by atoms with Crippen molar-refractivity contribution in [1.82, 2.24) is 0 Å². The molecule has 1 aromatic heterocycles. The summed E-state index contributed by atoms with van der Waals surface area (Å²) in [6, 6.07) is 14.2.